The average molecular weight is 903 g/mol. The summed E-state index contributed by atoms with van der Waals surface area (Å²) < 4.78 is 2.28. The highest BCUT2D eigenvalue weighted by atomic mass is 32.2. The molecule has 0 bridgehead atoms. The first-order valence-electron chi connectivity index (χ1n) is 21.8. The number of aliphatic imine (C=N–C) groups is 2. The molecule has 6 aromatic rings. The molecule has 1 aromatic heterocycles. The van der Waals surface area contributed by atoms with Gasteiger partial charge in [-0.25, -0.2) is 9.98 Å². The highest BCUT2D eigenvalue weighted by Gasteiger charge is 2.52. The molecule has 2 saturated heterocycles. The summed E-state index contributed by atoms with van der Waals surface area (Å²) in [7, 11) is 0. The number of para-hydroxylation sites is 4. The summed E-state index contributed by atoms with van der Waals surface area (Å²) in [6.45, 7) is 0.479. The van der Waals surface area contributed by atoms with Crippen molar-refractivity contribution < 1.29 is 9.59 Å². The number of benzene rings is 5. The van der Waals surface area contributed by atoms with Crippen molar-refractivity contribution in [1.82, 2.24) is 9.69 Å². The van der Waals surface area contributed by atoms with Gasteiger partial charge in [-0.15, -0.1) is 5.10 Å². The van der Waals surface area contributed by atoms with Gasteiger partial charge in [0, 0.05) is 0 Å². The van der Waals surface area contributed by atoms with Gasteiger partial charge in [-0.2, -0.15) is 4.68 Å². The van der Waals surface area contributed by atoms with E-state index in [4.69, 9.17) is 15.1 Å². The molecule has 2 amide bonds. The molecule has 5 aromatic carbocycles. The first kappa shape index (κ1) is 41.8. The van der Waals surface area contributed by atoms with E-state index in [1.165, 1.54) is 34.9 Å². The minimum absolute atomic E-state index is 0.0809. The highest BCUT2D eigenvalue weighted by Crippen LogP contribution is 2.42. The van der Waals surface area contributed by atoms with Crippen molar-refractivity contribution in [2.24, 2.45) is 15.1 Å². The van der Waals surface area contributed by atoms with Crippen LogP contribution in [0, 0.1) is 0 Å². The van der Waals surface area contributed by atoms with Crippen LogP contribution in [-0.2, 0) is 9.59 Å². The van der Waals surface area contributed by atoms with Gasteiger partial charge < -0.3 is 0 Å². The first-order chi connectivity index (χ1) is 31.4. The van der Waals surface area contributed by atoms with Crippen molar-refractivity contribution in [1.29, 1.82) is 0 Å². The molecule has 0 N–H and O–H groups in total. The number of thiazole rings is 1. The minimum Gasteiger partial charge on any atom is -0.279 e. The van der Waals surface area contributed by atoms with E-state index in [0.717, 1.165) is 60.4 Å². The zero-order valence-corrected chi connectivity index (χ0v) is 37.5. The summed E-state index contributed by atoms with van der Waals surface area (Å²) in [5, 5.41) is 9.66. The zero-order chi connectivity index (χ0) is 43.5. The van der Waals surface area contributed by atoms with E-state index in [0.29, 0.717) is 32.5 Å². The summed E-state index contributed by atoms with van der Waals surface area (Å²) in [5.74, 6) is -0.189. The Morgan fingerprint density at radius 3 is 1.55 bits per heavy atom. The lowest BCUT2D eigenvalue weighted by Crippen LogP contribution is -2.72. The number of fused-ring (bicyclic) bond motifs is 1. The Bertz CT molecular complexity index is 2870. The maximum atomic E-state index is 15.0. The van der Waals surface area contributed by atoms with Crippen LogP contribution in [0.15, 0.2) is 172 Å². The lowest BCUT2D eigenvalue weighted by Gasteiger charge is -2.53. The van der Waals surface area contributed by atoms with Gasteiger partial charge in [0.2, 0.25) is 16.6 Å². The quantitative estimate of drug-likeness (QED) is 0.143. The maximum Gasteiger partial charge on any atom is 0.289 e. The van der Waals surface area contributed by atoms with Crippen molar-refractivity contribution in [3.63, 3.8) is 0 Å². The lowest BCUT2D eigenvalue weighted by atomic mass is 9.89. The van der Waals surface area contributed by atoms with E-state index in [9.17, 15) is 14.4 Å². The Balaban J connectivity index is 1.10. The van der Waals surface area contributed by atoms with Gasteiger partial charge >= 0.3 is 0 Å². The van der Waals surface area contributed by atoms with E-state index >= 15 is 0 Å². The molecule has 14 heteroatoms. The monoisotopic (exact) mass is 902 g/mol. The Hall–Kier alpha value is -6.22. The first-order valence-corrected chi connectivity index (χ1v) is 24.3. The lowest BCUT2D eigenvalue weighted by molar-refractivity contribution is -0.117. The molecule has 3 aliphatic heterocycles. The SMILES string of the molecule is O=C1C(CN2N=c3s/c(=C/c4ccccc4)c(=O)n3N(CC3SC(=Nc4ccccc4)N(c4ccccc4)C3=O)C23CCCCCCC3)SC(=Nc2ccccc2)N1c1ccccc1. The second kappa shape index (κ2) is 18.5. The number of amidine groups is 2. The van der Waals surface area contributed by atoms with E-state index in [2.05, 4.69) is 10.0 Å². The number of carbonyl (C=O) groups excluding carboxylic acids is 2. The van der Waals surface area contributed by atoms with Gasteiger partial charge in [0.05, 0.1) is 40.4 Å². The molecule has 64 heavy (non-hydrogen) atoms. The number of rotatable bonds is 9. The third kappa shape index (κ3) is 8.33. The molecule has 1 spiro atoms. The number of hydrogen-bond donors (Lipinski definition) is 0. The van der Waals surface area contributed by atoms with Gasteiger partial charge in [0.25, 0.3) is 5.56 Å². The number of aromatic nitrogens is 1. The maximum absolute atomic E-state index is 15.0. The van der Waals surface area contributed by atoms with Crippen molar-refractivity contribution in [2.75, 3.05) is 27.9 Å². The van der Waals surface area contributed by atoms with Crippen molar-refractivity contribution in [3.05, 3.63) is 177 Å². The number of carbonyl (C=O) groups is 2. The van der Waals surface area contributed by atoms with Crippen LogP contribution in [0.1, 0.15) is 50.5 Å². The molecule has 2 atom stereocenters. The summed E-state index contributed by atoms with van der Waals surface area (Å²) in [5.41, 5.74) is 2.87. The molecule has 11 nitrogen and oxygen atoms in total. The Labute approximate surface area is 384 Å². The molecule has 4 heterocycles. The van der Waals surface area contributed by atoms with Gasteiger partial charge in [0.15, 0.2) is 10.3 Å². The number of anilines is 2. The molecular weight excluding hydrogens is 857 g/mol. The zero-order valence-electron chi connectivity index (χ0n) is 35.1. The van der Waals surface area contributed by atoms with E-state index in [1.54, 1.807) is 14.5 Å². The van der Waals surface area contributed by atoms with Crippen LogP contribution in [0.5, 0.6) is 0 Å². The Kier molecular flexibility index (Phi) is 12.1. The molecule has 2 unspecified atom stereocenters. The molecule has 3 fully saturated rings. The topological polar surface area (TPSA) is 106 Å². The second-order valence-corrected chi connectivity index (χ2v) is 19.5. The number of hydrogen-bond acceptors (Lipinski definition) is 11. The number of nitrogens with zero attached hydrogens (tertiary/aromatic N) is 8. The van der Waals surface area contributed by atoms with Crippen molar-refractivity contribution >= 4 is 85.8 Å². The van der Waals surface area contributed by atoms with Gasteiger partial charge in [-0.3, -0.25) is 34.2 Å². The van der Waals surface area contributed by atoms with Crippen LogP contribution < -0.4 is 29.7 Å². The van der Waals surface area contributed by atoms with Gasteiger partial charge in [-0.1, -0.05) is 157 Å². The van der Waals surface area contributed by atoms with E-state index in [1.807, 2.05) is 158 Å². The largest absolute Gasteiger partial charge is 0.289 e. The predicted octanol–water partition coefficient (Wildman–Crippen LogP) is 8.64. The average Bonchev–Trinajstić information content (AvgIpc) is 3.91. The fourth-order valence-electron chi connectivity index (χ4n) is 8.90. The minimum atomic E-state index is -0.835. The third-order valence-corrected chi connectivity index (χ3v) is 15.2. The Morgan fingerprint density at radius 1 is 0.578 bits per heavy atom. The molecule has 0 radical (unpaired) electrons. The Morgan fingerprint density at radius 2 is 1.03 bits per heavy atom. The summed E-state index contributed by atoms with van der Waals surface area (Å²) in [6, 6.07) is 48.5. The predicted molar refractivity (Wildman–Crippen MR) is 262 cm³/mol. The third-order valence-electron chi connectivity index (χ3n) is 12.0. The highest BCUT2D eigenvalue weighted by molar-refractivity contribution is 8.16. The molecule has 4 aliphatic rings. The summed E-state index contributed by atoms with van der Waals surface area (Å²) in [6.07, 6.45) is 8.26. The second-order valence-electron chi connectivity index (χ2n) is 16.1. The van der Waals surface area contributed by atoms with Crippen LogP contribution >= 0.6 is 34.9 Å². The number of amides is 2. The molecular formula is C50H46N8O3S3. The smallest absolute Gasteiger partial charge is 0.279 e. The molecule has 10 rings (SSSR count). The number of thioether (sulfide) groups is 2. The van der Waals surface area contributed by atoms with Crippen LogP contribution in [0.4, 0.5) is 22.7 Å². The van der Waals surface area contributed by atoms with E-state index < -0.39 is 16.2 Å². The molecule has 1 saturated carbocycles. The van der Waals surface area contributed by atoms with Gasteiger partial charge in [0.1, 0.15) is 16.2 Å². The van der Waals surface area contributed by atoms with Crippen LogP contribution in [0.25, 0.3) is 6.08 Å². The van der Waals surface area contributed by atoms with Gasteiger partial charge in [-0.05, 0) is 85.9 Å². The summed E-state index contributed by atoms with van der Waals surface area (Å²) >= 11 is 4.20. The fraction of sp³-hybridized carbons (Fsp3) is 0.240. The molecule has 322 valence electrons. The van der Waals surface area contributed by atoms with Crippen LogP contribution in [-0.4, -0.2) is 61.1 Å². The van der Waals surface area contributed by atoms with Crippen molar-refractivity contribution in [2.45, 2.75) is 61.1 Å². The molecule has 1 aliphatic carbocycles. The van der Waals surface area contributed by atoms with Crippen molar-refractivity contribution in [3.8, 4) is 0 Å². The van der Waals surface area contributed by atoms with Crippen LogP contribution in [0.3, 0.4) is 0 Å². The fourth-order valence-corrected chi connectivity index (χ4v) is 12.1. The summed E-state index contributed by atoms with van der Waals surface area (Å²) in [4.78, 5) is 58.8. The van der Waals surface area contributed by atoms with Crippen LogP contribution in [0.2, 0.25) is 0 Å². The standard InChI is InChI=1S/C50H46N8O3S3/c59-44-42(63-47(51-37-23-11-5-12-24-37)56(44)39-27-15-7-16-28-39)34-54-50(31-19-2-1-3-20-32-50)55(58-46(61)41(62-49(58)53-54)33-36-21-9-4-10-22-36)35-43-45(60)57(40-29-17-8-18-30-40)48(64-43)52-38-25-13-6-14-26-38/h4-18,21-30,33,42-43H,1-3,19-20,31-32,34-35H2/b41-33+,51-47?,52-48?. The van der Waals surface area contributed by atoms with E-state index in [-0.39, 0.29) is 30.5 Å². The normalized spacial score (nSPS) is 21.4.